The summed E-state index contributed by atoms with van der Waals surface area (Å²) in [4.78, 5) is 19.6. The highest BCUT2D eigenvalue weighted by atomic mass is 32.1. The fourth-order valence-corrected chi connectivity index (χ4v) is 2.68. The monoisotopic (exact) mass is 305 g/mol. The highest BCUT2D eigenvalue weighted by Gasteiger charge is 2.16. The molecule has 1 amide bonds. The number of fused-ring (bicyclic) bond motifs is 1. The van der Waals surface area contributed by atoms with E-state index in [9.17, 15) is 9.18 Å². The Balaban J connectivity index is 1.86. The normalized spacial score (nSPS) is 10.8. The molecule has 2 N–H and O–H groups in total. The number of anilines is 1. The van der Waals surface area contributed by atoms with Gasteiger partial charge in [0.2, 0.25) is 5.95 Å². The van der Waals surface area contributed by atoms with E-state index < -0.39 is 5.82 Å². The fraction of sp³-hybridized carbons (Fsp3) is 0.143. The van der Waals surface area contributed by atoms with E-state index in [2.05, 4.69) is 15.3 Å². The number of benzene rings is 1. The van der Waals surface area contributed by atoms with Crippen LogP contribution in [0.5, 0.6) is 5.75 Å². The van der Waals surface area contributed by atoms with Crippen molar-refractivity contribution in [3.63, 3.8) is 0 Å². The van der Waals surface area contributed by atoms with Crippen molar-refractivity contribution in [1.29, 1.82) is 0 Å². The number of nitrogens with one attached hydrogen (secondary N) is 2. The number of ether oxygens (including phenoxy) is 1. The van der Waals surface area contributed by atoms with E-state index in [1.54, 1.807) is 23.6 Å². The predicted molar refractivity (Wildman–Crippen MR) is 79.5 cm³/mol. The molecule has 0 spiro atoms. The summed E-state index contributed by atoms with van der Waals surface area (Å²) in [5.74, 6) is -0.0402. The lowest BCUT2D eigenvalue weighted by atomic mass is 10.3. The Kier molecular flexibility index (Phi) is 3.57. The second-order valence-corrected chi connectivity index (χ2v) is 5.14. The summed E-state index contributed by atoms with van der Waals surface area (Å²) in [7, 11) is 0. The van der Waals surface area contributed by atoms with E-state index in [4.69, 9.17) is 4.74 Å². The zero-order valence-corrected chi connectivity index (χ0v) is 12.0. The van der Waals surface area contributed by atoms with Gasteiger partial charge in [0.25, 0.3) is 5.91 Å². The SMILES string of the molecule is CCOc1ccsc1C(=O)Nc1nc2c(F)cccc2[nH]1. The van der Waals surface area contributed by atoms with Crippen molar-refractivity contribution < 1.29 is 13.9 Å². The van der Waals surface area contributed by atoms with Gasteiger partial charge in [-0.25, -0.2) is 9.37 Å². The van der Waals surface area contributed by atoms with Crippen LogP contribution in [0.25, 0.3) is 11.0 Å². The minimum atomic E-state index is -0.435. The molecule has 2 aromatic heterocycles. The molecular weight excluding hydrogens is 293 g/mol. The number of para-hydroxylation sites is 1. The van der Waals surface area contributed by atoms with Gasteiger partial charge >= 0.3 is 0 Å². The van der Waals surface area contributed by atoms with E-state index in [0.717, 1.165) is 0 Å². The summed E-state index contributed by atoms with van der Waals surface area (Å²) in [6, 6.07) is 6.33. The van der Waals surface area contributed by atoms with Crippen LogP contribution in [0.4, 0.5) is 10.3 Å². The number of rotatable bonds is 4. The van der Waals surface area contributed by atoms with Gasteiger partial charge in [-0.2, -0.15) is 0 Å². The van der Waals surface area contributed by atoms with Gasteiger partial charge in [0.15, 0.2) is 5.82 Å². The third kappa shape index (κ3) is 2.59. The first kappa shape index (κ1) is 13.6. The lowest BCUT2D eigenvalue weighted by Gasteiger charge is -2.04. The maximum atomic E-state index is 13.6. The molecule has 0 aliphatic rings. The fourth-order valence-electron chi connectivity index (χ4n) is 1.95. The molecule has 3 aromatic rings. The molecule has 0 radical (unpaired) electrons. The van der Waals surface area contributed by atoms with Crippen molar-refractivity contribution in [3.8, 4) is 5.75 Å². The lowest BCUT2D eigenvalue weighted by Crippen LogP contribution is -2.12. The second-order valence-electron chi connectivity index (χ2n) is 4.22. The third-order valence-electron chi connectivity index (χ3n) is 2.83. The average Bonchev–Trinajstić information content (AvgIpc) is 3.06. The Hall–Kier alpha value is -2.41. The number of aromatic nitrogens is 2. The molecule has 0 atom stereocenters. The molecule has 7 heteroatoms. The maximum Gasteiger partial charge on any atom is 0.271 e. The molecular formula is C14H12FN3O2S. The Morgan fingerprint density at radius 1 is 1.48 bits per heavy atom. The van der Waals surface area contributed by atoms with Crippen molar-refractivity contribution in [2.24, 2.45) is 0 Å². The molecule has 2 heterocycles. The number of carbonyl (C=O) groups excluding carboxylic acids is 1. The number of thiophene rings is 1. The van der Waals surface area contributed by atoms with Crippen LogP contribution >= 0.6 is 11.3 Å². The first-order valence-corrected chi connectivity index (χ1v) is 7.23. The van der Waals surface area contributed by atoms with Crippen LogP contribution in [0, 0.1) is 5.82 Å². The topological polar surface area (TPSA) is 67.0 Å². The number of imidazole rings is 1. The Morgan fingerprint density at radius 2 is 2.33 bits per heavy atom. The van der Waals surface area contributed by atoms with Crippen LogP contribution in [0.15, 0.2) is 29.6 Å². The molecule has 108 valence electrons. The first-order chi connectivity index (χ1) is 10.2. The largest absolute Gasteiger partial charge is 0.492 e. The first-order valence-electron chi connectivity index (χ1n) is 6.35. The van der Waals surface area contributed by atoms with E-state index >= 15 is 0 Å². The van der Waals surface area contributed by atoms with E-state index in [1.807, 2.05) is 6.92 Å². The number of H-pyrrole nitrogens is 1. The van der Waals surface area contributed by atoms with Gasteiger partial charge in [-0.05, 0) is 30.5 Å². The zero-order valence-electron chi connectivity index (χ0n) is 11.1. The Labute approximate surface area is 123 Å². The van der Waals surface area contributed by atoms with Gasteiger partial charge in [0.05, 0.1) is 12.1 Å². The molecule has 5 nitrogen and oxygen atoms in total. The highest BCUT2D eigenvalue weighted by molar-refractivity contribution is 7.12. The number of halogens is 1. The van der Waals surface area contributed by atoms with Crippen molar-refractivity contribution in [3.05, 3.63) is 40.3 Å². The van der Waals surface area contributed by atoms with Crippen LogP contribution in [0.3, 0.4) is 0 Å². The number of amides is 1. The Morgan fingerprint density at radius 3 is 3.10 bits per heavy atom. The highest BCUT2D eigenvalue weighted by Crippen LogP contribution is 2.26. The number of hydrogen-bond donors (Lipinski definition) is 2. The lowest BCUT2D eigenvalue weighted by molar-refractivity contribution is 0.102. The molecule has 1 aromatic carbocycles. The third-order valence-corrected chi connectivity index (χ3v) is 3.73. The summed E-state index contributed by atoms with van der Waals surface area (Å²) in [6.07, 6.45) is 0. The summed E-state index contributed by atoms with van der Waals surface area (Å²) in [5.41, 5.74) is 0.727. The van der Waals surface area contributed by atoms with Gasteiger partial charge in [0, 0.05) is 0 Å². The van der Waals surface area contributed by atoms with E-state index in [0.29, 0.717) is 22.8 Å². The van der Waals surface area contributed by atoms with Gasteiger partial charge in [-0.15, -0.1) is 11.3 Å². The molecule has 0 bridgehead atoms. The standard InChI is InChI=1S/C14H12FN3O2S/c1-2-20-10-6-7-21-12(10)13(19)18-14-16-9-5-3-4-8(15)11(9)17-14/h3-7H,2H2,1H3,(H2,16,17,18,19). The molecule has 0 saturated heterocycles. The van der Waals surface area contributed by atoms with Gasteiger partial charge < -0.3 is 9.72 Å². The molecule has 0 aliphatic heterocycles. The van der Waals surface area contributed by atoms with Crippen LogP contribution in [0.1, 0.15) is 16.6 Å². The number of carbonyl (C=O) groups is 1. The molecule has 0 fully saturated rings. The summed E-state index contributed by atoms with van der Waals surface area (Å²) < 4.78 is 18.9. The Bertz CT molecular complexity index is 796. The van der Waals surface area contributed by atoms with Crippen molar-refractivity contribution in [1.82, 2.24) is 9.97 Å². The van der Waals surface area contributed by atoms with E-state index in [1.165, 1.54) is 17.4 Å². The molecule has 21 heavy (non-hydrogen) atoms. The van der Waals surface area contributed by atoms with Crippen molar-refractivity contribution in [2.45, 2.75) is 6.92 Å². The zero-order chi connectivity index (χ0) is 14.8. The van der Waals surface area contributed by atoms with Crippen LogP contribution in [-0.2, 0) is 0 Å². The minimum Gasteiger partial charge on any atom is -0.492 e. The quantitative estimate of drug-likeness (QED) is 0.776. The van der Waals surface area contributed by atoms with Crippen LogP contribution < -0.4 is 10.1 Å². The van der Waals surface area contributed by atoms with Gasteiger partial charge in [0.1, 0.15) is 16.1 Å². The van der Waals surface area contributed by atoms with Gasteiger partial charge in [-0.1, -0.05) is 6.07 Å². The minimum absolute atomic E-state index is 0.198. The summed E-state index contributed by atoms with van der Waals surface area (Å²) in [5, 5.41) is 4.39. The van der Waals surface area contributed by atoms with Crippen LogP contribution in [0.2, 0.25) is 0 Å². The smallest absolute Gasteiger partial charge is 0.271 e. The molecule has 0 saturated carbocycles. The number of hydrogen-bond acceptors (Lipinski definition) is 4. The number of nitrogens with zero attached hydrogens (tertiary/aromatic N) is 1. The van der Waals surface area contributed by atoms with Crippen molar-refractivity contribution in [2.75, 3.05) is 11.9 Å². The van der Waals surface area contributed by atoms with Gasteiger partial charge in [-0.3, -0.25) is 10.1 Å². The predicted octanol–water partition coefficient (Wildman–Crippen LogP) is 3.41. The second kappa shape index (κ2) is 5.53. The summed E-state index contributed by atoms with van der Waals surface area (Å²) >= 11 is 1.27. The number of aromatic amines is 1. The maximum absolute atomic E-state index is 13.6. The van der Waals surface area contributed by atoms with Crippen LogP contribution in [-0.4, -0.2) is 22.5 Å². The average molecular weight is 305 g/mol. The molecule has 0 aliphatic carbocycles. The van der Waals surface area contributed by atoms with E-state index in [-0.39, 0.29) is 17.4 Å². The molecule has 0 unspecified atom stereocenters. The van der Waals surface area contributed by atoms with Crippen molar-refractivity contribution >= 4 is 34.2 Å². The molecule has 3 rings (SSSR count). The summed E-state index contributed by atoms with van der Waals surface area (Å²) in [6.45, 7) is 2.33.